The van der Waals surface area contributed by atoms with Crippen molar-refractivity contribution in [3.05, 3.63) is 97.2 Å². The van der Waals surface area contributed by atoms with E-state index in [4.69, 9.17) is 14.2 Å². The molecule has 0 spiro atoms. The Morgan fingerprint density at radius 3 is 0.816 bits per heavy atom. The summed E-state index contributed by atoms with van der Waals surface area (Å²) in [4.78, 5) is 38.3. The Morgan fingerprint density at radius 2 is 0.513 bits per heavy atom. The zero-order valence-corrected chi connectivity index (χ0v) is 50.0. The Morgan fingerprint density at radius 1 is 0.276 bits per heavy atom. The van der Waals surface area contributed by atoms with Crippen LogP contribution in [0.1, 0.15) is 310 Å². The van der Waals surface area contributed by atoms with Crippen LogP contribution in [0.2, 0.25) is 0 Å². The average molecular weight is 1060 g/mol. The lowest BCUT2D eigenvalue weighted by molar-refractivity contribution is -0.167. The fourth-order valence-corrected chi connectivity index (χ4v) is 8.97. The smallest absolute Gasteiger partial charge is 0.306 e. The van der Waals surface area contributed by atoms with Gasteiger partial charge in [-0.15, -0.1) is 0 Å². The van der Waals surface area contributed by atoms with Crippen LogP contribution in [0.4, 0.5) is 0 Å². The van der Waals surface area contributed by atoms with Gasteiger partial charge in [0.25, 0.3) is 0 Å². The normalized spacial score (nSPS) is 12.7. The first-order valence-electron chi connectivity index (χ1n) is 32.2. The number of rotatable bonds is 58. The van der Waals surface area contributed by atoms with E-state index in [0.717, 1.165) is 128 Å². The minimum Gasteiger partial charge on any atom is -0.462 e. The van der Waals surface area contributed by atoms with E-state index in [1.807, 2.05) is 0 Å². The number of unbranched alkanes of at least 4 members (excludes halogenated alkanes) is 31. The number of hydrogen-bond donors (Lipinski definition) is 0. The SMILES string of the molecule is CC/C=C\C/C=C\C/C=C\C/C=C\CCCCCCCCC(=O)OC(COC(=O)CCCCCCC/C=C\C/C=C\CCCCCC)COC(=O)CCCCCCCCCCCCC/C=C\C/C=C\CCCCCCC. The van der Waals surface area contributed by atoms with E-state index in [-0.39, 0.29) is 31.1 Å². The number of ether oxygens (including phenoxy) is 3. The summed E-state index contributed by atoms with van der Waals surface area (Å²) in [5.74, 6) is -0.909. The summed E-state index contributed by atoms with van der Waals surface area (Å²) >= 11 is 0. The van der Waals surface area contributed by atoms with E-state index >= 15 is 0 Å². The number of hydrogen-bond acceptors (Lipinski definition) is 6. The Hall–Kier alpha value is -3.67. The Balaban J connectivity index is 4.40. The first-order valence-corrected chi connectivity index (χ1v) is 32.2. The lowest BCUT2D eigenvalue weighted by Crippen LogP contribution is -2.30. The molecule has 0 fully saturated rings. The van der Waals surface area contributed by atoms with Crippen molar-refractivity contribution in [1.29, 1.82) is 0 Å². The molecule has 0 aliphatic rings. The van der Waals surface area contributed by atoms with E-state index in [2.05, 4.69) is 118 Å². The molecule has 0 aliphatic heterocycles. The summed E-state index contributed by atoms with van der Waals surface area (Å²) in [6, 6.07) is 0. The molecule has 0 N–H and O–H groups in total. The fourth-order valence-electron chi connectivity index (χ4n) is 8.97. The second kappa shape index (κ2) is 63.9. The van der Waals surface area contributed by atoms with Crippen molar-refractivity contribution < 1.29 is 28.6 Å². The maximum Gasteiger partial charge on any atom is 0.306 e. The zero-order chi connectivity index (χ0) is 55.0. The zero-order valence-electron chi connectivity index (χ0n) is 50.0. The van der Waals surface area contributed by atoms with E-state index in [1.54, 1.807) is 0 Å². The Labute approximate surface area is 470 Å². The van der Waals surface area contributed by atoms with Crippen LogP contribution >= 0.6 is 0 Å². The van der Waals surface area contributed by atoms with Crippen LogP contribution in [0.25, 0.3) is 0 Å². The number of esters is 3. The second-order valence-corrected chi connectivity index (χ2v) is 21.3. The third-order valence-electron chi connectivity index (χ3n) is 13.8. The molecular formula is C70H120O6. The summed E-state index contributed by atoms with van der Waals surface area (Å²) in [6.45, 7) is 6.50. The van der Waals surface area contributed by atoms with Crippen LogP contribution in [0.5, 0.6) is 0 Å². The molecule has 76 heavy (non-hydrogen) atoms. The topological polar surface area (TPSA) is 78.9 Å². The molecule has 1 atom stereocenters. The molecule has 6 nitrogen and oxygen atoms in total. The molecule has 0 bridgehead atoms. The van der Waals surface area contributed by atoms with Gasteiger partial charge in [-0.1, -0.05) is 266 Å². The maximum absolute atomic E-state index is 12.9. The predicted molar refractivity (Wildman–Crippen MR) is 330 cm³/mol. The number of carbonyl (C=O) groups is 3. The van der Waals surface area contributed by atoms with Gasteiger partial charge in [0.2, 0.25) is 0 Å². The van der Waals surface area contributed by atoms with Gasteiger partial charge < -0.3 is 14.2 Å². The van der Waals surface area contributed by atoms with Gasteiger partial charge in [-0.05, 0) is 122 Å². The van der Waals surface area contributed by atoms with Gasteiger partial charge in [0.05, 0.1) is 0 Å². The lowest BCUT2D eigenvalue weighted by Gasteiger charge is -2.18. The van der Waals surface area contributed by atoms with Crippen molar-refractivity contribution in [2.75, 3.05) is 13.2 Å². The van der Waals surface area contributed by atoms with E-state index < -0.39 is 6.10 Å². The summed E-state index contributed by atoms with van der Waals surface area (Å²) < 4.78 is 16.9. The molecule has 0 amide bonds. The molecule has 0 heterocycles. The van der Waals surface area contributed by atoms with Crippen molar-refractivity contribution in [2.45, 2.75) is 316 Å². The monoisotopic (exact) mass is 1060 g/mol. The van der Waals surface area contributed by atoms with Crippen molar-refractivity contribution in [3.8, 4) is 0 Å². The summed E-state index contributed by atoms with van der Waals surface area (Å²) in [7, 11) is 0. The van der Waals surface area contributed by atoms with Gasteiger partial charge in [-0.2, -0.15) is 0 Å². The molecule has 0 aromatic heterocycles. The standard InChI is InChI=1S/C70H120O6/c1-4-7-10-13-16-19-22-25-28-31-33-34-35-36-38-39-42-45-48-51-54-57-60-63-69(72)75-66-67(65-74-68(71)62-59-56-53-50-47-44-41-30-27-24-21-18-15-12-9-6-3)76-70(73)64-61-58-55-52-49-46-43-40-37-32-29-26-23-20-17-14-11-8-5-2/h8,11,17,20-22,24-26,29-31,33,37,40-41,67H,4-7,9-10,12-16,18-19,23,27-28,32,34-36,38-39,42-66H2,1-3H3/b11-8-,20-17-,24-21-,25-22-,29-26-,33-31-,40-37-,41-30-. The average Bonchev–Trinajstić information content (AvgIpc) is 3.42. The molecule has 6 heteroatoms. The van der Waals surface area contributed by atoms with Crippen LogP contribution in [0.15, 0.2) is 97.2 Å². The Bertz CT molecular complexity index is 1490. The van der Waals surface area contributed by atoms with Crippen molar-refractivity contribution in [2.24, 2.45) is 0 Å². The molecular weight excluding hydrogens is 937 g/mol. The fraction of sp³-hybridized carbons (Fsp3) is 0.729. The van der Waals surface area contributed by atoms with E-state index in [1.165, 1.54) is 141 Å². The largest absolute Gasteiger partial charge is 0.462 e. The summed E-state index contributed by atoms with van der Waals surface area (Å²) in [5, 5.41) is 0. The Kier molecular flexibility index (Phi) is 60.8. The lowest BCUT2D eigenvalue weighted by atomic mass is 10.0. The molecule has 436 valence electrons. The van der Waals surface area contributed by atoms with Crippen molar-refractivity contribution >= 4 is 17.9 Å². The van der Waals surface area contributed by atoms with Crippen LogP contribution in [0, 0.1) is 0 Å². The highest BCUT2D eigenvalue weighted by molar-refractivity contribution is 5.71. The second-order valence-electron chi connectivity index (χ2n) is 21.3. The first-order chi connectivity index (χ1) is 37.5. The predicted octanol–water partition coefficient (Wildman–Crippen LogP) is 22.0. The molecule has 0 aliphatic carbocycles. The van der Waals surface area contributed by atoms with Gasteiger partial charge in [0.15, 0.2) is 6.10 Å². The highest BCUT2D eigenvalue weighted by Gasteiger charge is 2.19. The number of allylic oxidation sites excluding steroid dienone is 16. The highest BCUT2D eigenvalue weighted by atomic mass is 16.6. The van der Waals surface area contributed by atoms with E-state index in [0.29, 0.717) is 19.3 Å². The third-order valence-corrected chi connectivity index (χ3v) is 13.8. The summed E-state index contributed by atoms with van der Waals surface area (Å²) in [5.41, 5.74) is 0. The molecule has 0 rings (SSSR count). The summed E-state index contributed by atoms with van der Waals surface area (Å²) in [6.07, 6.45) is 85.5. The van der Waals surface area contributed by atoms with Gasteiger partial charge in [0, 0.05) is 19.3 Å². The molecule has 0 aromatic carbocycles. The molecule has 0 aromatic rings. The van der Waals surface area contributed by atoms with Gasteiger partial charge >= 0.3 is 17.9 Å². The quantitative estimate of drug-likeness (QED) is 0.0261. The van der Waals surface area contributed by atoms with E-state index in [9.17, 15) is 14.4 Å². The van der Waals surface area contributed by atoms with Crippen molar-refractivity contribution in [3.63, 3.8) is 0 Å². The molecule has 0 radical (unpaired) electrons. The molecule has 0 saturated carbocycles. The third kappa shape index (κ3) is 61.2. The van der Waals surface area contributed by atoms with Gasteiger partial charge in [-0.3, -0.25) is 14.4 Å². The van der Waals surface area contributed by atoms with Gasteiger partial charge in [0.1, 0.15) is 13.2 Å². The van der Waals surface area contributed by atoms with Crippen molar-refractivity contribution in [1.82, 2.24) is 0 Å². The van der Waals surface area contributed by atoms with Crippen LogP contribution in [0.3, 0.4) is 0 Å². The van der Waals surface area contributed by atoms with Crippen LogP contribution < -0.4 is 0 Å². The minimum atomic E-state index is -0.794. The molecule has 1 unspecified atom stereocenters. The minimum absolute atomic E-state index is 0.0887. The maximum atomic E-state index is 12.9. The number of carbonyl (C=O) groups excluding carboxylic acids is 3. The first kappa shape index (κ1) is 72.3. The molecule has 0 saturated heterocycles. The van der Waals surface area contributed by atoms with Gasteiger partial charge in [-0.25, -0.2) is 0 Å². The van der Waals surface area contributed by atoms with Crippen LogP contribution in [-0.4, -0.2) is 37.2 Å². The van der Waals surface area contributed by atoms with Crippen LogP contribution in [-0.2, 0) is 28.6 Å². The highest BCUT2D eigenvalue weighted by Crippen LogP contribution is 2.16.